The number of hydrogen-bond acceptors (Lipinski definition) is 5. The van der Waals surface area contributed by atoms with Crippen LogP contribution in [0.15, 0.2) is 53.1 Å². The first kappa shape index (κ1) is 16.2. The minimum Gasteiger partial charge on any atom is -0.440 e. The number of rotatable bonds is 2. The molecule has 0 unspecified atom stereocenters. The van der Waals surface area contributed by atoms with Gasteiger partial charge in [-0.2, -0.15) is 15.5 Å². The molecule has 0 radical (unpaired) electrons. The molecule has 0 fully saturated rings. The highest BCUT2D eigenvalue weighted by Crippen LogP contribution is 2.46. The highest BCUT2D eigenvalue weighted by Gasteiger charge is 2.36. The van der Waals surface area contributed by atoms with E-state index in [1.807, 2.05) is 32.7 Å². The summed E-state index contributed by atoms with van der Waals surface area (Å²) in [5.41, 5.74) is 10.8. The Labute approximate surface area is 151 Å². The Morgan fingerprint density at radius 1 is 1.23 bits per heavy atom. The summed E-state index contributed by atoms with van der Waals surface area (Å²) in [6, 6.07) is 2.24. The maximum Gasteiger partial charge on any atom is 0.205 e. The van der Waals surface area contributed by atoms with E-state index in [-0.39, 0.29) is 11.8 Å². The van der Waals surface area contributed by atoms with Crippen molar-refractivity contribution in [3.05, 3.63) is 64.3 Å². The summed E-state index contributed by atoms with van der Waals surface area (Å²) < 4.78 is 9.45. The summed E-state index contributed by atoms with van der Waals surface area (Å²) in [6.45, 7) is 0. The second-order valence-corrected chi connectivity index (χ2v) is 6.70. The number of nitrogens with two attached hydrogens (primary N) is 1. The van der Waals surface area contributed by atoms with E-state index < -0.39 is 0 Å². The molecule has 1 aliphatic carbocycles. The fraction of sp³-hybridized carbons (Fsp3) is 0.316. The zero-order chi connectivity index (χ0) is 18.3. The van der Waals surface area contributed by atoms with Gasteiger partial charge in [-0.25, -0.2) is 0 Å². The van der Waals surface area contributed by atoms with Gasteiger partial charge in [0.1, 0.15) is 17.4 Å². The molecule has 3 heterocycles. The van der Waals surface area contributed by atoms with Gasteiger partial charge < -0.3 is 10.5 Å². The monoisotopic (exact) mass is 348 g/mol. The van der Waals surface area contributed by atoms with Gasteiger partial charge in [0.2, 0.25) is 5.88 Å². The van der Waals surface area contributed by atoms with Gasteiger partial charge in [0, 0.05) is 37.6 Å². The molecular weight excluding hydrogens is 328 g/mol. The van der Waals surface area contributed by atoms with E-state index in [1.165, 1.54) is 0 Å². The number of nitriles is 1. The molecule has 4 rings (SSSR count). The van der Waals surface area contributed by atoms with E-state index in [2.05, 4.69) is 22.3 Å². The molecule has 26 heavy (non-hydrogen) atoms. The van der Waals surface area contributed by atoms with E-state index in [0.29, 0.717) is 5.57 Å². The number of allylic oxidation sites excluding steroid dienone is 3. The highest BCUT2D eigenvalue weighted by atomic mass is 16.5. The highest BCUT2D eigenvalue weighted by molar-refractivity contribution is 5.61. The van der Waals surface area contributed by atoms with Crippen LogP contribution in [0.5, 0.6) is 0 Å². The topological polar surface area (TPSA) is 94.7 Å². The van der Waals surface area contributed by atoms with E-state index in [4.69, 9.17) is 10.5 Å². The molecule has 2 N–H and O–H groups in total. The zero-order valence-electron chi connectivity index (χ0n) is 14.8. The van der Waals surface area contributed by atoms with Crippen LogP contribution in [-0.2, 0) is 18.8 Å². The van der Waals surface area contributed by atoms with Crippen molar-refractivity contribution in [3.8, 4) is 6.07 Å². The Morgan fingerprint density at radius 2 is 2.00 bits per heavy atom. The number of aryl methyl sites for hydroxylation is 2. The van der Waals surface area contributed by atoms with Crippen molar-refractivity contribution in [2.75, 3.05) is 0 Å². The molecule has 1 atom stereocenters. The van der Waals surface area contributed by atoms with Crippen molar-refractivity contribution in [2.24, 2.45) is 19.8 Å². The zero-order valence-corrected chi connectivity index (χ0v) is 14.8. The predicted molar refractivity (Wildman–Crippen MR) is 95.9 cm³/mol. The van der Waals surface area contributed by atoms with Crippen molar-refractivity contribution < 1.29 is 4.74 Å². The van der Waals surface area contributed by atoms with Crippen LogP contribution < -0.4 is 5.73 Å². The van der Waals surface area contributed by atoms with Crippen LogP contribution in [0.25, 0.3) is 6.08 Å². The molecule has 7 heteroatoms. The third kappa shape index (κ3) is 2.69. The van der Waals surface area contributed by atoms with E-state index >= 15 is 0 Å². The second-order valence-electron chi connectivity index (χ2n) is 6.70. The molecule has 0 saturated carbocycles. The van der Waals surface area contributed by atoms with Crippen molar-refractivity contribution in [2.45, 2.75) is 25.2 Å². The lowest BCUT2D eigenvalue weighted by Gasteiger charge is -2.32. The van der Waals surface area contributed by atoms with Crippen molar-refractivity contribution in [1.29, 1.82) is 5.26 Å². The summed E-state index contributed by atoms with van der Waals surface area (Å²) >= 11 is 0. The van der Waals surface area contributed by atoms with Crippen LogP contribution in [0.4, 0.5) is 0 Å². The molecule has 0 amide bonds. The molecule has 0 bridgehead atoms. The molecule has 2 aromatic rings. The average Bonchev–Trinajstić information content (AvgIpc) is 3.22. The minimum atomic E-state index is -0.199. The fourth-order valence-electron chi connectivity index (χ4n) is 3.72. The van der Waals surface area contributed by atoms with Crippen LogP contribution in [0, 0.1) is 11.3 Å². The molecule has 0 aromatic carbocycles. The van der Waals surface area contributed by atoms with Crippen molar-refractivity contribution in [1.82, 2.24) is 19.6 Å². The summed E-state index contributed by atoms with van der Waals surface area (Å²) in [5, 5.41) is 18.1. The van der Waals surface area contributed by atoms with Gasteiger partial charge in [0.25, 0.3) is 0 Å². The van der Waals surface area contributed by atoms with E-state index in [1.54, 1.807) is 15.6 Å². The summed E-state index contributed by atoms with van der Waals surface area (Å²) in [4.78, 5) is 0. The van der Waals surface area contributed by atoms with Gasteiger partial charge in [-0.05, 0) is 36.5 Å². The molecule has 0 saturated heterocycles. The third-order valence-corrected chi connectivity index (χ3v) is 4.83. The third-order valence-electron chi connectivity index (χ3n) is 4.83. The normalized spacial score (nSPS) is 21.6. The lowest BCUT2D eigenvalue weighted by atomic mass is 9.78. The molecule has 1 aliphatic heterocycles. The number of ether oxygens (including phenoxy) is 1. The van der Waals surface area contributed by atoms with Crippen LogP contribution in [0.3, 0.4) is 0 Å². The predicted octanol–water partition coefficient (Wildman–Crippen LogP) is 2.48. The van der Waals surface area contributed by atoms with Crippen LogP contribution in [0.1, 0.15) is 36.3 Å². The number of nitrogens with zero attached hydrogens (tertiary/aromatic N) is 5. The molecule has 2 aromatic heterocycles. The maximum atomic E-state index is 9.65. The van der Waals surface area contributed by atoms with Gasteiger partial charge in [0.15, 0.2) is 0 Å². The molecular formula is C19H20N6O. The standard InChI is InChI=1S/C19H20N6O/c1-24-10-12(8-22-24)6-13-4-3-5-15-17(14-9-23-25(2)11-14)16(7-20)19(21)26-18(13)15/h6,8-11,17H,3-5,21H2,1-2H3/b13-6-/t17-/m1/s1. The summed E-state index contributed by atoms with van der Waals surface area (Å²) in [7, 11) is 3.76. The molecule has 0 spiro atoms. The van der Waals surface area contributed by atoms with Crippen LogP contribution >= 0.6 is 0 Å². The average molecular weight is 348 g/mol. The lowest BCUT2D eigenvalue weighted by molar-refractivity contribution is 0.277. The smallest absolute Gasteiger partial charge is 0.205 e. The molecule has 7 nitrogen and oxygen atoms in total. The molecule has 2 aliphatic rings. The van der Waals surface area contributed by atoms with Gasteiger partial charge >= 0.3 is 0 Å². The Balaban J connectivity index is 1.83. The SMILES string of the molecule is Cn1cc(/C=C2/CCCC3=C2OC(N)=C(C#N)[C@@H]3c2cnn(C)c2)cn1. The largest absolute Gasteiger partial charge is 0.440 e. The first-order valence-corrected chi connectivity index (χ1v) is 8.55. The Kier molecular flexibility index (Phi) is 3.88. The van der Waals surface area contributed by atoms with Gasteiger partial charge in [-0.15, -0.1) is 0 Å². The first-order valence-electron chi connectivity index (χ1n) is 8.55. The second kappa shape index (κ2) is 6.23. The summed E-state index contributed by atoms with van der Waals surface area (Å²) in [6.07, 6.45) is 12.4. The van der Waals surface area contributed by atoms with Crippen molar-refractivity contribution >= 4 is 6.08 Å². The quantitative estimate of drug-likeness (QED) is 0.900. The van der Waals surface area contributed by atoms with Crippen LogP contribution in [-0.4, -0.2) is 19.6 Å². The van der Waals surface area contributed by atoms with E-state index in [9.17, 15) is 5.26 Å². The number of aromatic nitrogens is 4. The molecule has 132 valence electrons. The van der Waals surface area contributed by atoms with E-state index in [0.717, 1.165) is 47.3 Å². The van der Waals surface area contributed by atoms with Crippen LogP contribution in [0.2, 0.25) is 0 Å². The van der Waals surface area contributed by atoms with Gasteiger partial charge in [0.05, 0.1) is 18.3 Å². The Bertz CT molecular complexity index is 997. The Hall–Kier alpha value is -3.27. The van der Waals surface area contributed by atoms with Gasteiger partial charge in [-0.1, -0.05) is 0 Å². The lowest BCUT2D eigenvalue weighted by Crippen LogP contribution is -2.23. The fourth-order valence-corrected chi connectivity index (χ4v) is 3.72. The minimum absolute atomic E-state index is 0.180. The first-order chi connectivity index (χ1) is 12.6. The van der Waals surface area contributed by atoms with Crippen molar-refractivity contribution in [3.63, 3.8) is 0 Å². The van der Waals surface area contributed by atoms with Gasteiger partial charge in [-0.3, -0.25) is 9.36 Å². The Morgan fingerprint density at radius 3 is 2.65 bits per heavy atom. The number of hydrogen-bond donors (Lipinski definition) is 1. The summed E-state index contributed by atoms with van der Waals surface area (Å²) in [5.74, 6) is 0.777. The maximum absolute atomic E-state index is 9.65.